The first-order valence-corrected chi connectivity index (χ1v) is 7.35. The number of rotatable bonds is 1. The molecule has 4 nitrogen and oxygen atoms in total. The topological polar surface area (TPSA) is 47.3 Å². The monoisotopic (exact) mass is 309 g/mol. The summed E-state index contributed by atoms with van der Waals surface area (Å²) >= 11 is 6.03. The smallest absolute Gasteiger partial charge is 0.169 e. The number of hydrogen-bond donors (Lipinski definition) is 0. The van der Waals surface area contributed by atoms with Gasteiger partial charge in [0.05, 0.1) is 17.8 Å². The average Bonchev–Trinajstić information content (AvgIpc) is 2.87. The fourth-order valence-electron chi connectivity index (χ4n) is 2.79. The van der Waals surface area contributed by atoms with Gasteiger partial charge in [-0.25, -0.2) is 9.50 Å². The molecule has 0 unspecified atom stereocenters. The summed E-state index contributed by atoms with van der Waals surface area (Å²) in [5.41, 5.74) is 4.96. The van der Waals surface area contributed by atoms with Crippen LogP contribution < -0.4 is 0 Å². The number of fused-ring (bicyclic) bond motifs is 3. The fourth-order valence-corrected chi connectivity index (χ4v) is 2.98. The molecule has 0 radical (unpaired) electrons. The summed E-state index contributed by atoms with van der Waals surface area (Å²) in [5, 5.41) is 5.04. The van der Waals surface area contributed by atoms with E-state index in [2.05, 4.69) is 10.1 Å². The van der Waals surface area contributed by atoms with Crippen molar-refractivity contribution in [2.24, 2.45) is 0 Å². The minimum atomic E-state index is 0.0652. The van der Waals surface area contributed by atoms with Crippen molar-refractivity contribution >= 4 is 34.7 Å². The maximum absolute atomic E-state index is 12.5. The maximum atomic E-state index is 12.5. The molecule has 0 atom stereocenters. The van der Waals surface area contributed by atoms with Crippen LogP contribution in [-0.4, -0.2) is 20.4 Å². The Bertz CT molecular complexity index is 956. The molecule has 3 aromatic rings. The number of carbonyl (C=O) groups is 1. The quantitative estimate of drug-likeness (QED) is 0.692. The van der Waals surface area contributed by atoms with Crippen LogP contribution in [0, 0.1) is 6.92 Å². The second-order valence-electron chi connectivity index (χ2n) is 5.38. The molecule has 1 aliphatic carbocycles. The van der Waals surface area contributed by atoms with E-state index in [1.165, 1.54) is 0 Å². The molecule has 0 amide bonds. The summed E-state index contributed by atoms with van der Waals surface area (Å²) in [6.45, 7) is 1.92. The zero-order valence-electron chi connectivity index (χ0n) is 11.9. The average molecular weight is 310 g/mol. The SMILES string of the molecule is Cc1cc2ncc3c(n2n1)CC(=O)C(c1cccc(Cl)c1)=C3. The number of hydrogen-bond acceptors (Lipinski definition) is 3. The van der Waals surface area contributed by atoms with Crippen molar-refractivity contribution < 1.29 is 4.79 Å². The normalized spacial score (nSPS) is 14.1. The molecule has 0 saturated carbocycles. The predicted molar refractivity (Wildman–Crippen MR) is 85.8 cm³/mol. The lowest BCUT2D eigenvalue weighted by Crippen LogP contribution is -2.16. The third-order valence-electron chi connectivity index (χ3n) is 3.80. The molecule has 0 fully saturated rings. The molecule has 2 heterocycles. The lowest BCUT2D eigenvalue weighted by molar-refractivity contribution is -0.113. The van der Waals surface area contributed by atoms with Crippen LogP contribution >= 0.6 is 11.6 Å². The van der Waals surface area contributed by atoms with Gasteiger partial charge >= 0.3 is 0 Å². The molecule has 4 rings (SSSR count). The number of halogens is 1. The number of Topliss-reactive ketones (excluding diaryl/α,β-unsaturated/α-hetero) is 1. The third kappa shape index (κ3) is 2.04. The van der Waals surface area contributed by atoms with Crippen molar-refractivity contribution in [2.75, 3.05) is 0 Å². The minimum absolute atomic E-state index is 0.0652. The van der Waals surface area contributed by atoms with Gasteiger partial charge in [0.25, 0.3) is 0 Å². The van der Waals surface area contributed by atoms with Crippen LogP contribution in [0.4, 0.5) is 0 Å². The standard InChI is InChI=1S/C17H12ClN3O/c1-10-5-17-19-9-12-7-14(11-3-2-4-13(18)6-11)16(22)8-15(12)21(17)20-10/h2-7,9H,8H2,1H3. The summed E-state index contributed by atoms with van der Waals surface area (Å²) in [6, 6.07) is 9.25. The highest BCUT2D eigenvalue weighted by atomic mass is 35.5. The largest absolute Gasteiger partial charge is 0.294 e. The second kappa shape index (κ2) is 4.78. The van der Waals surface area contributed by atoms with Crippen LogP contribution in [0.15, 0.2) is 36.5 Å². The van der Waals surface area contributed by atoms with Gasteiger partial charge in [-0.1, -0.05) is 23.7 Å². The number of benzene rings is 1. The van der Waals surface area contributed by atoms with E-state index in [1.54, 1.807) is 22.8 Å². The molecule has 0 aliphatic heterocycles. The van der Waals surface area contributed by atoms with Gasteiger partial charge in [0.15, 0.2) is 11.4 Å². The van der Waals surface area contributed by atoms with Crippen LogP contribution in [0.3, 0.4) is 0 Å². The second-order valence-corrected chi connectivity index (χ2v) is 5.82. The Kier molecular flexibility index (Phi) is 2.87. The number of allylic oxidation sites excluding steroid dienone is 1. The Labute approximate surface area is 132 Å². The summed E-state index contributed by atoms with van der Waals surface area (Å²) in [7, 11) is 0. The van der Waals surface area contributed by atoms with Gasteiger partial charge in [0.2, 0.25) is 0 Å². The minimum Gasteiger partial charge on any atom is -0.294 e. The van der Waals surface area contributed by atoms with Crippen molar-refractivity contribution in [1.29, 1.82) is 0 Å². The van der Waals surface area contributed by atoms with E-state index >= 15 is 0 Å². The molecule has 0 bridgehead atoms. The van der Waals surface area contributed by atoms with Crippen molar-refractivity contribution in [3.63, 3.8) is 0 Å². The first-order valence-electron chi connectivity index (χ1n) is 6.97. The number of aromatic nitrogens is 3. The molecule has 22 heavy (non-hydrogen) atoms. The zero-order chi connectivity index (χ0) is 15.3. The number of carbonyl (C=O) groups excluding carboxylic acids is 1. The van der Waals surface area contributed by atoms with Crippen molar-refractivity contribution in [1.82, 2.24) is 14.6 Å². The Hall–Kier alpha value is -2.46. The van der Waals surface area contributed by atoms with Gasteiger partial charge in [0, 0.05) is 28.4 Å². The molecular formula is C17H12ClN3O. The molecule has 0 spiro atoms. The Morgan fingerprint density at radius 1 is 1.27 bits per heavy atom. The molecule has 1 aromatic carbocycles. The first kappa shape index (κ1) is 13.2. The molecule has 2 aromatic heterocycles. The van der Waals surface area contributed by atoms with Gasteiger partial charge < -0.3 is 0 Å². The molecule has 0 saturated heterocycles. The van der Waals surface area contributed by atoms with Crippen LogP contribution in [-0.2, 0) is 11.2 Å². The number of ketones is 1. The molecule has 108 valence electrons. The van der Waals surface area contributed by atoms with Crippen LogP contribution in [0.25, 0.3) is 17.3 Å². The van der Waals surface area contributed by atoms with Gasteiger partial charge in [-0.2, -0.15) is 5.10 Å². The van der Waals surface area contributed by atoms with Crippen LogP contribution in [0.5, 0.6) is 0 Å². The third-order valence-corrected chi connectivity index (χ3v) is 4.04. The highest BCUT2D eigenvalue weighted by Gasteiger charge is 2.23. The molecule has 1 aliphatic rings. The number of nitrogens with zero attached hydrogens (tertiary/aromatic N) is 3. The van der Waals surface area contributed by atoms with E-state index < -0.39 is 0 Å². The first-order chi connectivity index (χ1) is 10.6. The van der Waals surface area contributed by atoms with Gasteiger partial charge in [-0.3, -0.25) is 4.79 Å². The van der Waals surface area contributed by atoms with Gasteiger partial charge in [0.1, 0.15) is 0 Å². The lowest BCUT2D eigenvalue weighted by Gasteiger charge is -2.16. The summed E-state index contributed by atoms with van der Waals surface area (Å²) < 4.78 is 1.76. The molecule has 5 heteroatoms. The maximum Gasteiger partial charge on any atom is 0.169 e. The van der Waals surface area contributed by atoms with Crippen LogP contribution in [0.1, 0.15) is 22.5 Å². The highest BCUT2D eigenvalue weighted by molar-refractivity contribution is 6.32. The van der Waals surface area contributed by atoms with Crippen molar-refractivity contribution in [2.45, 2.75) is 13.3 Å². The van der Waals surface area contributed by atoms with Gasteiger partial charge in [-0.05, 0) is 30.7 Å². The highest BCUT2D eigenvalue weighted by Crippen LogP contribution is 2.29. The summed E-state index contributed by atoms with van der Waals surface area (Å²) in [6.07, 6.45) is 3.98. The van der Waals surface area contributed by atoms with Crippen molar-refractivity contribution in [3.05, 3.63) is 64.1 Å². The van der Waals surface area contributed by atoms with E-state index in [9.17, 15) is 4.79 Å². The predicted octanol–water partition coefficient (Wildman–Crippen LogP) is 3.36. The Morgan fingerprint density at radius 2 is 2.14 bits per heavy atom. The molecular weight excluding hydrogens is 298 g/mol. The Balaban J connectivity index is 1.92. The zero-order valence-corrected chi connectivity index (χ0v) is 12.6. The van der Waals surface area contributed by atoms with E-state index in [0.717, 1.165) is 28.2 Å². The van der Waals surface area contributed by atoms with E-state index in [4.69, 9.17) is 11.6 Å². The van der Waals surface area contributed by atoms with Gasteiger partial charge in [-0.15, -0.1) is 0 Å². The number of aryl methyl sites for hydroxylation is 1. The van der Waals surface area contributed by atoms with Crippen molar-refractivity contribution in [3.8, 4) is 0 Å². The fraction of sp³-hybridized carbons (Fsp3) is 0.118. The van der Waals surface area contributed by atoms with E-state index in [1.807, 2.05) is 31.2 Å². The molecule has 0 N–H and O–H groups in total. The summed E-state index contributed by atoms with van der Waals surface area (Å²) in [4.78, 5) is 17.0. The van der Waals surface area contributed by atoms with Crippen LogP contribution in [0.2, 0.25) is 5.02 Å². The summed E-state index contributed by atoms with van der Waals surface area (Å²) in [5.74, 6) is 0.0652. The Morgan fingerprint density at radius 3 is 2.95 bits per heavy atom. The van der Waals surface area contributed by atoms with E-state index in [0.29, 0.717) is 17.0 Å². The van der Waals surface area contributed by atoms with E-state index in [-0.39, 0.29) is 5.78 Å². The lowest BCUT2D eigenvalue weighted by atomic mass is 9.91.